The molecular formula is C21H35N5O6. The van der Waals surface area contributed by atoms with E-state index in [0.29, 0.717) is 12.5 Å². The number of likely N-dealkylation sites (N-methyl/N-ethyl adjacent to an activating group) is 1. The zero-order valence-electron chi connectivity index (χ0n) is 19.0. The predicted molar refractivity (Wildman–Crippen MR) is 119 cm³/mol. The first-order valence-electron chi connectivity index (χ1n) is 10.5. The Hall–Kier alpha value is -3.21. The Bertz CT molecular complexity index is 717. The van der Waals surface area contributed by atoms with Crippen molar-refractivity contribution in [3.63, 3.8) is 0 Å². The molecule has 0 radical (unpaired) electrons. The van der Waals surface area contributed by atoms with Gasteiger partial charge in [-0.25, -0.2) is 4.79 Å². The molecule has 0 fully saturated rings. The van der Waals surface area contributed by atoms with Gasteiger partial charge in [-0.1, -0.05) is 39.3 Å². The molecule has 0 saturated carbocycles. The van der Waals surface area contributed by atoms with E-state index in [-0.39, 0.29) is 37.5 Å². The van der Waals surface area contributed by atoms with Crippen LogP contribution in [0.4, 0.5) is 0 Å². The molecule has 11 heteroatoms. The maximum atomic E-state index is 12.5. The summed E-state index contributed by atoms with van der Waals surface area (Å²) >= 11 is 0. The van der Waals surface area contributed by atoms with Crippen LogP contribution in [0.2, 0.25) is 0 Å². The van der Waals surface area contributed by atoms with Crippen LogP contribution in [0, 0.1) is 5.92 Å². The molecule has 11 nitrogen and oxygen atoms in total. The summed E-state index contributed by atoms with van der Waals surface area (Å²) in [5.74, 6) is -3.06. The minimum Gasteiger partial charge on any atom is -0.478 e. The number of hydrogen-bond acceptors (Lipinski definition) is 6. The Morgan fingerprint density at radius 3 is 2.28 bits per heavy atom. The molecule has 0 aromatic rings. The molecule has 0 aliphatic heterocycles. The van der Waals surface area contributed by atoms with Crippen molar-refractivity contribution in [3.05, 3.63) is 24.4 Å². The van der Waals surface area contributed by atoms with Crippen molar-refractivity contribution in [1.82, 2.24) is 20.9 Å². The third kappa shape index (κ3) is 11.8. The van der Waals surface area contributed by atoms with Gasteiger partial charge in [0.15, 0.2) is 0 Å². The van der Waals surface area contributed by atoms with E-state index in [1.54, 1.807) is 0 Å². The average Bonchev–Trinajstić information content (AvgIpc) is 2.75. The Labute approximate surface area is 188 Å². The fraction of sp³-hybridized carbons (Fsp3) is 0.571. The molecule has 0 heterocycles. The van der Waals surface area contributed by atoms with Gasteiger partial charge in [0.25, 0.3) is 5.91 Å². The van der Waals surface area contributed by atoms with Gasteiger partial charge in [0.1, 0.15) is 6.04 Å². The van der Waals surface area contributed by atoms with Crippen molar-refractivity contribution >= 4 is 29.6 Å². The van der Waals surface area contributed by atoms with Gasteiger partial charge in [-0.3, -0.25) is 19.2 Å². The molecule has 180 valence electrons. The summed E-state index contributed by atoms with van der Waals surface area (Å²) in [4.78, 5) is 60.3. The lowest BCUT2D eigenvalue weighted by Gasteiger charge is -2.21. The van der Waals surface area contributed by atoms with Crippen molar-refractivity contribution in [2.24, 2.45) is 11.7 Å². The van der Waals surface area contributed by atoms with Crippen LogP contribution in [-0.4, -0.2) is 72.3 Å². The van der Waals surface area contributed by atoms with Gasteiger partial charge in [-0.15, -0.1) is 0 Å². The lowest BCUT2D eigenvalue weighted by molar-refractivity contribution is -0.133. The molecule has 0 aromatic carbocycles. The van der Waals surface area contributed by atoms with Gasteiger partial charge >= 0.3 is 5.97 Å². The van der Waals surface area contributed by atoms with Gasteiger partial charge in [0, 0.05) is 19.7 Å². The molecule has 4 amide bonds. The molecular weight excluding hydrogens is 418 g/mol. The summed E-state index contributed by atoms with van der Waals surface area (Å²) < 4.78 is 0. The zero-order valence-corrected chi connectivity index (χ0v) is 19.0. The number of hydrogen-bond donors (Lipinski definition) is 5. The second-order valence-corrected chi connectivity index (χ2v) is 7.26. The third-order valence-electron chi connectivity index (χ3n) is 4.72. The van der Waals surface area contributed by atoms with E-state index < -0.39 is 29.7 Å². The number of nitrogens with zero attached hydrogens (tertiary/aromatic N) is 1. The van der Waals surface area contributed by atoms with E-state index in [2.05, 4.69) is 22.5 Å². The number of carbonyl (C=O) groups is 5. The Kier molecular flexibility index (Phi) is 14.0. The minimum absolute atomic E-state index is 0.0804. The predicted octanol–water partition coefficient (Wildman–Crippen LogP) is -0.508. The first-order valence-corrected chi connectivity index (χ1v) is 10.5. The lowest BCUT2D eigenvalue weighted by Crippen LogP contribution is -2.50. The number of rotatable bonds is 15. The van der Waals surface area contributed by atoms with Gasteiger partial charge in [-0.2, -0.15) is 0 Å². The summed E-state index contributed by atoms with van der Waals surface area (Å²) in [5.41, 5.74) is 4.99. The molecule has 0 saturated heterocycles. The second-order valence-electron chi connectivity index (χ2n) is 7.26. The van der Waals surface area contributed by atoms with Crippen LogP contribution < -0.4 is 21.7 Å². The van der Waals surface area contributed by atoms with Crippen LogP contribution in [-0.2, 0) is 24.0 Å². The van der Waals surface area contributed by atoms with E-state index in [1.807, 2.05) is 13.8 Å². The quantitative estimate of drug-likeness (QED) is 0.208. The smallest absolute Gasteiger partial charge is 0.327 e. The van der Waals surface area contributed by atoms with E-state index in [0.717, 1.165) is 23.8 Å². The number of nitrogens with one attached hydrogen (secondary N) is 3. The number of carboxylic acid groups (broad SMARTS) is 1. The zero-order chi connectivity index (χ0) is 24.7. The molecule has 0 aliphatic rings. The Morgan fingerprint density at radius 2 is 1.75 bits per heavy atom. The maximum absolute atomic E-state index is 12.5. The number of amides is 4. The Morgan fingerprint density at radius 1 is 1.12 bits per heavy atom. The first kappa shape index (κ1) is 28.8. The normalized spacial score (nSPS) is 11.7. The number of allylic oxidation sites excluding steroid dienone is 1. The summed E-state index contributed by atoms with van der Waals surface area (Å²) in [5, 5.41) is 16.1. The minimum atomic E-state index is -1.14. The van der Waals surface area contributed by atoms with Crippen molar-refractivity contribution < 1.29 is 29.1 Å². The lowest BCUT2D eigenvalue weighted by atomic mass is 10.0. The molecule has 0 rings (SSSR count). The third-order valence-corrected chi connectivity index (χ3v) is 4.72. The highest BCUT2D eigenvalue weighted by Crippen LogP contribution is 2.05. The maximum Gasteiger partial charge on any atom is 0.327 e. The van der Waals surface area contributed by atoms with Crippen LogP contribution in [0.5, 0.6) is 0 Å². The summed E-state index contributed by atoms with van der Waals surface area (Å²) in [6.07, 6.45) is 4.39. The van der Waals surface area contributed by atoms with E-state index >= 15 is 0 Å². The molecule has 1 atom stereocenters. The van der Waals surface area contributed by atoms with Gasteiger partial charge in [0.05, 0.1) is 18.8 Å². The highest BCUT2D eigenvalue weighted by Gasteiger charge is 2.23. The Balaban J connectivity index is 4.85. The number of carbonyl (C=O) groups excluding carboxylic acids is 4. The first-order chi connectivity index (χ1) is 15.0. The molecule has 32 heavy (non-hydrogen) atoms. The molecule has 0 bridgehead atoms. The highest BCUT2D eigenvalue weighted by molar-refractivity contribution is 6.00. The second kappa shape index (κ2) is 15.6. The summed E-state index contributed by atoms with van der Waals surface area (Å²) in [6, 6.07) is -1.05. The van der Waals surface area contributed by atoms with Gasteiger partial charge < -0.3 is 31.7 Å². The highest BCUT2D eigenvalue weighted by atomic mass is 16.4. The fourth-order valence-electron chi connectivity index (χ4n) is 2.67. The van der Waals surface area contributed by atoms with Crippen molar-refractivity contribution in [1.29, 1.82) is 0 Å². The molecule has 6 N–H and O–H groups in total. The molecule has 1 unspecified atom stereocenters. The van der Waals surface area contributed by atoms with Gasteiger partial charge in [0.2, 0.25) is 17.7 Å². The average molecular weight is 454 g/mol. The summed E-state index contributed by atoms with van der Waals surface area (Å²) in [7, 11) is 1.40. The van der Waals surface area contributed by atoms with Crippen LogP contribution in [0.3, 0.4) is 0 Å². The van der Waals surface area contributed by atoms with Crippen molar-refractivity contribution in [2.75, 3.05) is 26.7 Å². The van der Waals surface area contributed by atoms with Crippen molar-refractivity contribution in [3.8, 4) is 0 Å². The molecule has 0 aliphatic carbocycles. The number of carboxylic acids is 1. The summed E-state index contributed by atoms with van der Waals surface area (Å²) in [6.45, 7) is 7.58. The largest absolute Gasteiger partial charge is 0.478 e. The fourth-order valence-corrected chi connectivity index (χ4v) is 2.67. The standard InChI is InChI=1S/C21H35N5O6/c1-5-15(6-2)12-23-18(28)13-26(4)21(32)14(3)24-20(31)16(25-17(27)11-22)9-7-8-10-19(29)30/h8,10,15-16H,3,5-7,9,11-13,22H2,1-2,4H3,(H,23,28)(H,24,31)(H,25,27)(H,29,30)/b10-8+. The van der Waals surface area contributed by atoms with E-state index in [1.165, 1.54) is 13.1 Å². The number of aliphatic carboxylic acids is 1. The number of nitrogens with two attached hydrogens (primary N) is 1. The van der Waals surface area contributed by atoms with Crippen LogP contribution >= 0.6 is 0 Å². The van der Waals surface area contributed by atoms with Crippen LogP contribution in [0.25, 0.3) is 0 Å². The van der Waals surface area contributed by atoms with Crippen molar-refractivity contribution in [2.45, 2.75) is 45.6 Å². The van der Waals surface area contributed by atoms with E-state index in [4.69, 9.17) is 10.8 Å². The van der Waals surface area contributed by atoms with E-state index in [9.17, 15) is 24.0 Å². The molecule has 0 aromatic heterocycles. The SMILES string of the molecule is C=C(NC(=O)C(CC/C=C/C(=O)O)NC(=O)CN)C(=O)N(C)CC(=O)NCC(CC)CC. The van der Waals surface area contributed by atoms with Crippen LogP contribution in [0.15, 0.2) is 24.4 Å². The van der Waals surface area contributed by atoms with Crippen LogP contribution in [0.1, 0.15) is 39.5 Å². The monoisotopic (exact) mass is 453 g/mol. The van der Waals surface area contributed by atoms with Gasteiger partial charge in [-0.05, 0) is 18.8 Å². The topological polar surface area (TPSA) is 171 Å². The molecule has 0 spiro atoms.